The molecule has 0 spiro atoms. The monoisotopic (exact) mass is 593 g/mol. The number of ether oxygens (including phenoxy) is 1. The molecule has 0 fully saturated rings. The molecule has 2 amide bonds. The van der Waals surface area contributed by atoms with Crippen LogP contribution in [0.1, 0.15) is 75.5 Å². The van der Waals surface area contributed by atoms with E-state index in [1.807, 2.05) is 24.3 Å². The number of rotatable bonds is 10. The number of nitrogens with zero attached hydrogens (tertiary/aromatic N) is 3. The number of anilines is 1. The first kappa shape index (κ1) is 28.9. The number of aromatic nitrogens is 3. The minimum atomic E-state index is -2.86. The number of amides is 2. The van der Waals surface area contributed by atoms with E-state index in [4.69, 9.17) is 14.9 Å². The molecule has 1 unspecified atom stereocenters. The molecule has 0 aliphatic carbocycles. The van der Waals surface area contributed by atoms with Gasteiger partial charge in [-0.1, -0.05) is 26.0 Å². The molecular weight excluding hydrogens is 564 g/mol. The summed E-state index contributed by atoms with van der Waals surface area (Å²) in [6.45, 7) is 6.17. The molecule has 3 N–H and O–H groups in total. The fourth-order valence-corrected chi connectivity index (χ4v) is 5.55. The van der Waals surface area contributed by atoms with Crippen molar-refractivity contribution in [2.45, 2.75) is 46.1 Å². The summed E-state index contributed by atoms with van der Waals surface area (Å²) in [6, 6.07) is 12.2. The van der Waals surface area contributed by atoms with E-state index in [1.54, 1.807) is 24.7 Å². The molecule has 0 aliphatic heterocycles. The Morgan fingerprint density at radius 3 is 2.52 bits per heavy atom. The molecule has 5 aromatic rings. The molecular formula is C30H29F2N5O4S. The van der Waals surface area contributed by atoms with Gasteiger partial charge in [0.2, 0.25) is 0 Å². The fraction of sp³-hybridized carbons (Fsp3) is 0.267. The van der Waals surface area contributed by atoms with Gasteiger partial charge in [-0.25, -0.2) is 13.8 Å². The van der Waals surface area contributed by atoms with E-state index >= 15 is 0 Å². The molecule has 5 rings (SSSR count). The highest BCUT2D eigenvalue weighted by Gasteiger charge is 2.27. The smallest absolute Gasteiger partial charge is 0.291 e. The van der Waals surface area contributed by atoms with E-state index < -0.39 is 23.9 Å². The summed E-state index contributed by atoms with van der Waals surface area (Å²) < 4.78 is 40.7. The first-order valence-electron chi connectivity index (χ1n) is 13.2. The summed E-state index contributed by atoms with van der Waals surface area (Å²) in [5.74, 6) is -0.0127. The average molecular weight is 594 g/mol. The van der Waals surface area contributed by atoms with Gasteiger partial charge in [-0.3, -0.25) is 14.3 Å². The van der Waals surface area contributed by atoms with Crippen molar-refractivity contribution in [1.29, 1.82) is 0 Å². The van der Waals surface area contributed by atoms with Gasteiger partial charge in [0.05, 0.1) is 11.9 Å². The molecule has 12 heteroatoms. The number of furan rings is 1. The average Bonchev–Trinajstić information content (AvgIpc) is 3.69. The lowest BCUT2D eigenvalue weighted by molar-refractivity contribution is 0.0992. The number of nitrogens with two attached hydrogens (primary N) is 1. The van der Waals surface area contributed by atoms with Gasteiger partial charge in [0.1, 0.15) is 33.5 Å². The van der Waals surface area contributed by atoms with Crippen LogP contribution in [0.15, 0.2) is 53.1 Å². The maximum Gasteiger partial charge on any atom is 0.291 e. The number of fused-ring (bicyclic) bond motifs is 1. The minimum Gasteiger partial charge on any atom is -0.486 e. The Bertz CT molecular complexity index is 1770. The molecule has 1 atom stereocenters. The molecule has 9 nitrogen and oxygen atoms in total. The number of primary amides is 1. The number of hydrogen-bond donors (Lipinski definition) is 2. The van der Waals surface area contributed by atoms with Crippen LogP contribution in [0.2, 0.25) is 0 Å². The number of aryl methyl sites for hydroxylation is 1. The predicted octanol–water partition coefficient (Wildman–Crippen LogP) is 6.98. The molecule has 0 aliphatic rings. The molecule has 42 heavy (non-hydrogen) atoms. The van der Waals surface area contributed by atoms with Crippen LogP contribution < -0.4 is 15.8 Å². The Balaban J connectivity index is 1.44. The third-order valence-electron chi connectivity index (χ3n) is 7.22. The van der Waals surface area contributed by atoms with E-state index in [1.165, 1.54) is 23.9 Å². The summed E-state index contributed by atoms with van der Waals surface area (Å²) in [6.07, 6.45) is -0.288. The quantitative estimate of drug-likeness (QED) is 0.180. The van der Waals surface area contributed by atoms with Crippen LogP contribution in [-0.4, -0.2) is 26.6 Å². The van der Waals surface area contributed by atoms with E-state index in [9.17, 15) is 18.4 Å². The van der Waals surface area contributed by atoms with Crippen molar-refractivity contribution in [2.24, 2.45) is 12.8 Å². The van der Waals surface area contributed by atoms with Crippen molar-refractivity contribution in [3.8, 4) is 16.9 Å². The Labute approximate surface area is 244 Å². The van der Waals surface area contributed by atoms with Crippen molar-refractivity contribution in [2.75, 3.05) is 5.32 Å². The molecule has 218 valence electrons. The minimum absolute atomic E-state index is 0.0315. The maximum absolute atomic E-state index is 13.8. The highest BCUT2D eigenvalue weighted by molar-refractivity contribution is 7.21. The second kappa shape index (κ2) is 11.7. The Morgan fingerprint density at radius 2 is 1.90 bits per heavy atom. The van der Waals surface area contributed by atoms with Gasteiger partial charge in [-0.15, -0.1) is 11.3 Å². The number of benzene rings is 1. The van der Waals surface area contributed by atoms with E-state index in [-0.39, 0.29) is 27.8 Å². The van der Waals surface area contributed by atoms with E-state index in [0.717, 1.165) is 17.8 Å². The van der Waals surface area contributed by atoms with Gasteiger partial charge in [0.25, 0.3) is 18.2 Å². The van der Waals surface area contributed by atoms with Gasteiger partial charge >= 0.3 is 0 Å². The van der Waals surface area contributed by atoms with Crippen LogP contribution >= 0.6 is 11.3 Å². The van der Waals surface area contributed by atoms with E-state index in [2.05, 4.69) is 29.2 Å². The second-order valence-electron chi connectivity index (χ2n) is 9.90. The number of carbonyl (C=O) groups excluding carboxylic acids is 2. The van der Waals surface area contributed by atoms with Gasteiger partial charge in [-0.2, -0.15) is 5.10 Å². The van der Waals surface area contributed by atoms with Crippen molar-refractivity contribution < 1.29 is 27.5 Å². The number of thiophene rings is 1. The summed E-state index contributed by atoms with van der Waals surface area (Å²) in [5, 5.41) is 7.23. The number of hydrogen-bond acceptors (Lipinski definition) is 7. The number of pyridine rings is 1. The normalized spacial score (nSPS) is 12.2. The second-order valence-corrected chi connectivity index (χ2v) is 10.9. The number of halogens is 2. The third kappa shape index (κ3) is 5.62. The first-order valence-corrected chi connectivity index (χ1v) is 14.1. The SMILES string of the molecule is CCC(C)c1ccc(OCc2ccc(C(=O)Nc3c(C(N)=O)sc4nc(C(F)F)cc(-c5cnn(C)c5C)c34)o2)cc1. The lowest BCUT2D eigenvalue weighted by Gasteiger charge is -2.10. The zero-order valence-electron chi connectivity index (χ0n) is 23.4. The van der Waals surface area contributed by atoms with Crippen molar-refractivity contribution in [3.63, 3.8) is 0 Å². The summed E-state index contributed by atoms with van der Waals surface area (Å²) >= 11 is 0.826. The van der Waals surface area contributed by atoms with Crippen LogP contribution in [0.3, 0.4) is 0 Å². The Morgan fingerprint density at radius 1 is 1.17 bits per heavy atom. The van der Waals surface area contributed by atoms with Gasteiger partial charge in [0, 0.05) is 23.7 Å². The summed E-state index contributed by atoms with van der Waals surface area (Å²) in [5.41, 5.74) is 8.03. The molecule has 0 bridgehead atoms. The van der Waals surface area contributed by atoms with Crippen LogP contribution in [0.5, 0.6) is 5.75 Å². The lowest BCUT2D eigenvalue weighted by atomic mass is 9.99. The maximum atomic E-state index is 13.8. The summed E-state index contributed by atoms with van der Waals surface area (Å²) in [7, 11) is 1.72. The van der Waals surface area contributed by atoms with Gasteiger partial charge < -0.3 is 20.2 Å². The molecule has 1 aromatic carbocycles. The first-order chi connectivity index (χ1) is 20.1. The number of nitrogens with one attached hydrogen (secondary N) is 1. The highest BCUT2D eigenvalue weighted by atomic mass is 32.1. The van der Waals surface area contributed by atoms with Crippen LogP contribution in [0, 0.1) is 6.92 Å². The Hall–Kier alpha value is -4.58. The van der Waals surface area contributed by atoms with E-state index in [0.29, 0.717) is 39.6 Å². The van der Waals surface area contributed by atoms with Crippen LogP contribution in [-0.2, 0) is 13.7 Å². The standard InChI is InChI=1S/C30H29F2N5O4S/c1-5-15(2)17-6-8-18(9-7-17)40-14-19-10-11-23(41-19)29(39)36-25-24-20(21-13-34-37(4)16(21)3)12-22(27(31)32)35-30(24)42-26(25)28(33)38/h6-13,15,27H,5,14H2,1-4H3,(H2,33,38)(H,36,39). The number of alkyl halides is 2. The molecule has 4 aromatic heterocycles. The molecule has 4 heterocycles. The van der Waals surface area contributed by atoms with Crippen LogP contribution in [0.4, 0.5) is 14.5 Å². The highest BCUT2D eigenvalue weighted by Crippen LogP contribution is 2.43. The van der Waals surface area contributed by atoms with Gasteiger partial charge in [-0.05, 0) is 60.7 Å². The zero-order valence-corrected chi connectivity index (χ0v) is 24.2. The molecule has 0 radical (unpaired) electrons. The Kier molecular flexibility index (Phi) is 8.08. The number of carbonyl (C=O) groups is 2. The summed E-state index contributed by atoms with van der Waals surface area (Å²) in [4.78, 5) is 29.8. The van der Waals surface area contributed by atoms with Gasteiger partial charge in [0.15, 0.2) is 5.76 Å². The fourth-order valence-electron chi connectivity index (χ4n) is 4.53. The van der Waals surface area contributed by atoms with Crippen molar-refractivity contribution in [3.05, 3.63) is 82.0 Å². The van der Waals surface area contributed by atoms with Crippen molar-refractivity contribution >= 4 is 39.1 Å². The third-order valence-corrected chi connectivity index (χ3v) is 8.32. The van der Waals surface area contributed by atoms with Crippen LogP contribution in [0.25, 0.3) is 21.3 Å². The molecule has 0 saturated heterocycles. The predicted molar refractivity (Wildman–Crippen MR) is 156 cm³/mol. The largest absolute Gasteiger partial charge is 0.486 e. The molecule has 0 saturated carbocycles. The zero-order chi connectivity index (χ0) is 30.1. The van der Waals surface area contributed by atoms with Crippen molar-refractivity contribution in [1.82, 2.24) is 14.8 Å². The lowest BCUT2D eigenvalue weighted by Crippen LogP contribution is -2.16. The topological polar surface area (TPSA) is 125 Å².